The van der Waals surface area contributed by atoms with Gasteiger partial charge in [-0.25, -0.2) is 0 Å². The van der Waals surface area contributed by atoms with E-state index in [0.717, 1.165) is 11.8 Å². The Kier molecular flexibility index (Phi) is 3.09. The Balaban J connectivity index is 1.79. The van der Waals surface area contributed by atoms with Gasteiger partial charge in [-0.1, -0.05) is 13.8 Å². The Morgan fingerprint density at radius 2 is 1.87 bits per heavy atom. The highest BCUT2D eigenvalue weighted by atomic mass is 15.1. The van der Waals surface area contributed by atoms with Gasteiger partial charge < -0.3 is 10.6 Å². The number of nitrogens with two attached hydrogens (primary N) is 1. The molecular formula is C13H26N2. The van der Waals surface area contributed by atoms with Crippen LogP contribution in [-0.4, -0.2) is 31.1 Å². The highest BCUT2D eigenvalue weighted by Gasteiger charge is 2.39. The molecule has 2 heteroatoms. The first-order chi connectivity index (χ1) is 6.99. The molecule has 0 amide bonds. The topological polar surface area (TPSA) is 29.3 Å². The van der Waals surface area contributed by atoms with Crippen LogP contribution in [0.2, 0.25) is 0 Å². The van der Waals surface area contributed by atoms with E-state index in [9.17, 15) is 0 Å². The molecule has 2 aliphatic rings. The molecule has 2 aliphatic carbocycles. The van der Waals surface area contributed by atoms with Gasteiger partial charge >= 0.3 is 0 Å². The molecule has 0 aromatic heterocycles. The number of hydrogen-bond acceptors (Lipinski definition) is 2. The van der Waals surface area contributed by atoms with Gasteiger partial charge in [0.15, 0.2) is 0 Å². The molecule has 0 aromatic rings. The number of hydrogen-bond donors (Lipinski definition) is 1. The summed E-state index contributed by atoms with van der Waals surface area (Å²) in [7, 11) is 2.26. The fraction of sp³-hybridized carbons (Fsp3) is 1.00. The maximum Gasteiger partial charge on any atom is 0.0131 e. The van der Waals surface area contributed by atoms with Crippen LogP contribution >= 0.6 is 0 Å². The molecule has 2 N–H and O–H groups in total. The molecule has 0 aromatic carbocycles. The molecule has 88 valence electrons. The molecule has 2 nitrogen and oxygen atoms in total. The Hall–Kier alpha value is -0.0800. The van der Waals surface area contributed by atoms with Gasteiger partial charge in [0.2, 0.25) is 0 Å². The summed E-state index contributed by atoms with van der Waals surface area (Å²) in [5, 5.41) is 0. The van der Waals surface area contributed by atoms with Gasteiger partial charge in [-0.15, -0.1) is 0 Å². The number of nitrogens with zero attached hydrogens (tertiary/aromatic N) is 1. The van der Waals surface area contributed by atoms with Crippen LogP contribution < -0.4 is 5.73 Å². The zero-order chi connectivity index (χ0) is 11.1. The van der Waals surface area contributed by atoms with Crippen molar-refractivity contribution in [3.63, 3.8) is 0 Å². The third kappa shape index (κ3) is 2.73. The molecule has 2 fully saturated rings. The van der Waals surface area contributed by atoms with Crippen LogP contribution in [0, 0.1) is 17.3 Å². The summed E-state index contributed by atoms with van der Waals surface area (Å²) in [4.78, 5) is 2.50. The smallest absolute Gasteiger partial charge is 0.0131 e. The van der Waals surface area contributed by atoms with Crippen LogP contribution in [0.3, 0.4) is 0 Å². The van der Waals surface area contributed by atoms with Gasteiger partial charge in [0.05, 0.1) is 0 Å². The van der Waals surface area contributed by atoms with Gasteiger partial charge in [-0.3, -0.25) is 0 Å². The van der Waals surface area contributed by atoms with Gasteiger partial charge in [-0.05, 0) is 50.0 Å². The molecule has 0 aliphatic heterocycles. The van der Waals surface area contributed by atoms with E-state index in [-0.39, 0.29) is 0 Å². The molecule has 2 unspecified atom stereocenters. The largest absolute Gasteiger partial charge is 0.327 e. The van der Waals surface area contributed by atoms with E-state index in [1.165, 1.54) is 38.8 Å². The average Bonchev–Trinajstić information content (AvgIpc) is 2.90. The fourth-order valence-electron chi connectivity index (χ4n) is 2.96. The van der Waals surface area contributed by atoms with Crippen LogP contribution in [-0.2, 0) is 0 Å². The SMILES string of the molecule is CN(CC1CC1)CC1CCC(C)(C)C1N. The van der Waals surface area contributed by atoms with Crippen LogP contribution in [0.25, 0.3) is 0 Å². The fourth-order valence-corrected chi connectivity index (χ4v) is 2.96. The molecule has 0 saturated heterocycles. The van der Waals surface area contributed by atoms with Gasteiger partial charge in [-0.2, -0.15) is 0 Å². The minimum Gasteiger partial charge on any atom is -0.327 e. The normalized spacial score (nSPS) is 35.0. The second-order valence-corrected chi connectivity index (χ2v) is 6.48. The first kappa shape index (κ1) is 11.4. The third-order valence-electron chi connectivity index (χ3n) is 4.38. The Labute approximate surface area is 94.2 Å². The maximum absolute atomic E-state index is 6.32. The standard InChI is InChI=1S/C13H26N2/c1-13(2)7-6-11(12(13)14)9-15(3)8-10-4-5-10/h10-12H,4-9,14H2,1-3H3. The Morgan fingerprint density at radius 1 is 1.20 bits per heavy atom. The van der Waals surface area contributed by atoms with E-state index in [4.69, 9.17) is 5.73 Å². The molecule has 0 bridgehead atoms. The molecule has 15 heavy (non-hydrogen) atoms. The van der Waals surface area contributed by atoms with Gasteiger partial charge in [0, 0.05) is 19.1 Å². The Morgan fingerprint density at radius 3 is 2.33 bits per heavy atom. The minimum atomic E-state index is 0.366. The summed E-state index contributed by atoms with van der Waals surface area (Å²) < 4.78 is 0. The molecule has 2 atom stereocenters. The van der Waals surface area contributed by atoms with Crippen molar-refractivity contribution in [2.24, 2.45) is 23.0 Å². The summed E-state index contributed by atoms with van der Waals surface area (Å²) in [6, 6.07) is 0.402. The lowest BCUT2D eigenvalue weighted by atomic mass is 9.85. The van der Waals surface area contributed by atoms with Crippen LogP contribution in [0.4, 0.5) is 0 Å². The van der Waals surface area contributed by atoms with E-state index < -0.39 is 0 Å². The Bertz CT molecular complexity index is 221. The maximum atomic E-state index is 6.32. The lowest BCUT2D eigenvalue weighted by molar-refractivity contribution is 0.229. The van der Waals surface area contributed by atoms with E-state index in [0.29, 0.717) is 11.5 Å². The monoisotopic (exact) mass is 210 g/mol. The molecule has 0 radical (unpaired) electrons. The van der Waals surface area contributed by atoms with Crippen molar-refractivity contribution in [2.45, 2.75) is 45.6 Å². The van der Waals surface area contributed by atoms with Crippen LogP contribution in [0.1, 0.15) is 39.5 Å². The zero-order valence-electron chi connectivity index (χ0n) is 10.5. The number of rotatable bonds is 4. The lowest BCUT2D eigenvalue weighted by Crippen LogP contribution is -2.41. The quantitative estimate of drug-likeness (QED) is 0.770. The van der Waals surface area contributed by atoms with Crippen molar-refractivity contribution >= 4 is 0 Å². The van der Waals surface area contributed by atoms with Crippen molar-refractivity contribution in [3.8, 4) is 0 Å². The highest BCUT2D eigenvalue weighted by Crippen LogP contribution is 2.40. The predicted octanol–water partition coefficient (Wildman–Crippen LogP) is 2.09. The summed E-state index contributed by atoms with van der Waals surface area (Å²) in [6.45, 7) is 7.14. The zero-order valence-corrected chi connectivity index (χ0v) is 10.5. The first-order valence-corrected chi connectivity index (χ1v) is 6.43. The van der Waals surface area contributed by atoms with E-state index in [1.54, 1.807) is 0 Å². The highest BCUT2D eigenvalue weighted by molar-refractivity contribution is 4.95. The van der Waals surface area contributed by atoms with E-state index in [1.807, 2.05) is 0 Å². The third-order valence-corrected chi connectivity index (χ3v) is 4.38. The van der Waals surface area contributed by atoms with Crippen molar-refractivity contribution in [2.75, 3.05) is 20.1 Å². The molecule has 0 heterocycles. The van der Waals surface area contributed by atoms with Crippen LogP contribution in [0.15, 0.2) is 0 Å². The second-order valence-electron chi connectivity index (χ2n) is 6.48. The van der Waals surface area contributed by atoms with E-state index >= 15 is 0 Å². The van der Waals surface area contributed by atoms with Gasteiger partial charge in [0.1, 0.15) is 0 Å². The van der Waals surface area contributed by atoms with Crippen LogP contribution in [0.5, 0.6) is 0 Å². The second kappa shape index (κ2) is 4.06. The van der Waals surface area contributed by atoms with Crippen molar-refractivity contribution < 1.29 is 0 Å². The summed E-state index contributed by atoms with van der Waals surface area (Å²) in [6.07, 6.45) is 5.53. The minimum absolute atomic E-state index is 0.366. The van der Waals surface area contributed by atoms with Crippen molar-refractivity contribution in [3.05, 3.63) is 0 Å². The summed E-state index contributed by atoms with van der Waals surface area (Å²) in [5.41, 5.74) is 6.69. The molecule has 0 spiro atoms. The molecular weight excluding hydrogens is 184 g/mol. The van der Waals surface area contributed by atoms with Gasteiger partial charge in [0.25, 0.3) is 0 Å². The first-order valence-electron chi connectivity index (χ1n) is 6.43. The lowest BCUT2D eigenvalue weighted by Gasteiger charge is -2.29. The van der Waals surface area contributed by atoms with Crippen molar-refractivity contribution in [1.29, 1.82) is 0 Å². The van der Waals surface area contributed by atoms with Crippen molar-refractivity contribution in [1.82, 2.24) is 4.90 Å². The summed E-state index contributed by atoms with van der Waals surface area (Å²) in [5.74, 6) is 1.73. The predicted molar refractivity (Wildman–Crippen MR) is 64.7 cm³/mol. The average molecular weight is 210 g/mol. The molecule has 2 saturated carbocycles. The summed E-state index contributed by atoms with van der Waals surface area (Å²) >= 11 is 0. The van der Waals surface area contributed by atoms with E-state index in [2.05, 4.69) is 25.8 Å². The molecule has 2 rings (SSSR count).